The van der Waals surface area contributed by atoms with Gasteiger partial charge in [0.1, 0.15) is 17.4 Å². The monoisotopic (exact) mass is 455 g/mol. The van der Waals surface area contributed by atoms with Crippen molar-refractivity contribution in [1.29, 1.82) is 5.26 Å². The Labute approximate surface area is 199 Å². The molecule has 1 aliphatic rings. The second-order valence-corrected chi connectivity index (χ2v) is 9.05. The first-order chi connectivity index (χ1) is 15.9. The van der Waals surface area contributed by atoms with Crippen LogP contribution in [0.2, 0.25) is 5.02 Å². The van der Waals surface area contributed by atoms with Gasteiger partial charge in [0.25, 0.3) is 0 Å². The zero-order chi connectivity index (χ0) is 23.3. The molecule has 0 N–H and O–H groups in total. The standard InChI is InChI=1S/C27H26ClN5/c1-5-25-31-26-21(28)14-16(2)30-27(26)33(25)22-12-13-24-20(18(22)4)11-10-19-8-6-7-9-23(19)32(24)17(3)15-29/h6-9,12-14,17H,5,10-11H2,1-4H3. The van der Waals surface area contributed by atoms with Gasteiger partial charge in [0, 0.05) is 23.5 Å². The molecule has 0 fully saturated rings. The van der Waals surface area contributed by atoms with Crippen molar-refractivity contribution >= 4 is 34.1 Å². The average molecular weight is 456 g/mol. The summed E-state index contributed by atoms with van der Waals surface area (Å²) in [4.78, 5) is 11.8. The van der Waals surface area contributed by atoms with E-state index in [1.165, 1.54) is 16.7 Å². The molecule has 1 unspecified atom stereocenters. The fraction of sp³-hybridized carbons (Fsp3) is 0.296. The van der Waals surface area contributed by atoms with Crippen LogP contribution in [0.25, 0.3) is 16.9 Å². The molecule has 3 heterocycles. The topological polar surface area (TPSA) is 57.7 Å². The van der Waals surface area contributed by atoms with E-state index < -0.39 is 0 Å². The third-order valence-electron chi connectivity index (χ3n) is 6.60. The van der Waals surface area contributed by atoms with Gasteiger partial charge in [-0.25, -0.2) is 9.97 Å². The molecule has 2 aromatic carbocycles. The van der Waals surface area contributed by atoms with Crippen molar-refractivity contribution in [3.63, 3.8) is 0 Å². The Morgan fingerprint density at radius 1 is 1.06 bits per heavy atom. The number of para-hydroxylation sites is 1. The van der Waals surface area contributed by atoms with Gasteiger partial charge in [-0.1, -0.05) is 36.7 Å². The summed E-state index contributed by atoms with van der Waals surface area (Å²) < 4.78 is 2.15. The number of aryl methyl sites for hydroxylation is 3. The fourth-order valence-corrected chi connectivity index (χ4v) is 5.28. The van der Waals surface area contributed by atoms with Crippen LogP contribution in [0.1, 0.15) is 42.1 Å². The number of nitrogens with zero attached hydrogens (tertiary/aromatic N) is 5. The molecule has 1 atom stereocenters. The molecule has 0 saturated heterocycles. The normalized spacial score (nSPS) is 13.9. The lowest BCUT2D eigenvalue weighted by Gasteiger charge is -2.30. The number of hydrogen-bond acceptors (Lipinski definition) is 4. The van der Waals surface area contributed by atoms with E-state index in [2.05, 4.69) is 59.7 Å². The Kier molecular flexibility index (Phi) is 5.34. The zero-order valence-corrected chi connectivity index (χ0v) is 20.1. The van der Waals surface area contributed by atoms with Gasteiger partial charge in [0.15, 0.2) is 5.65 Å². The number of hydrogen-bond donors (Lipinski definition) is 0. The number of nitriles is 1. The van der Waals surface area contributed by atoms with E-state index >= 15 is 0 Å². The minimum atomic E-state index is -0.281. The number of benzene rings is 2. The van der Waals surface area contributed by atoms with Gasteiger partial charge < -0.3 is 4.90 Å². The molecular formula is C27H26ClN5. The van der Waals surface area contributed by atoms with Crippen LogP contribution in [-0.4, -0.2) is 20.6 Å². The van der Waals surface area contributed by atoms with E-state index in [0.717, 1.165) is 59.0 Å². The van der Waals surface area contributed by atoms with Crippen molar-refractivity contribution < 1.29 is 0 Å². The number of anilines is 2. The van der Waals surface area contributed by atoms with Crippen molar-refractivity contribution in [3.05, 3.63) is 75.7 Å². The molecule has 1 aliphatic heterocycles. The lowest BCUT2D eigenvalue weighted by Crippen LogP contribution is -2.28. The van der Waals surface area contributed by atoms with Gasteiger partial charge in [-0.3, -0.25) is 4.57 Å². The maximum Gasteiger partial charge on any atom is 0.166 e. The molecule has 6 heteroatoms. The van der Waals surface area contributed by atoms with Gasteiger partial charge >= 0.3 is 0 Å². The Hall–Kier alpha value is -3.36. The number of aromatic nitrogens is 3. The van der Waals surface area contributed by atoms with Crippen molar-refractivity contribution in [2.75, 3.05) is 4.90 Å². The van der Waals surface area contributed by atoms with Crippen LogP contribution in [0.15, 0.2) is 42.5 Å². The highest BCUT2D eigenvalue weighted by molar-refractivity contribution is 6.34. The first kappa shape index (κ1) is 21.5. The van der Waals surface area contributed by atoms with Crippen molar-refractivity contribution in [1.82, 2.24) is 14.5 Å². The van der Waals surface area contributed by atoms with Crippen molar-refractivity contribution in [3.8, 4) is 11.8 Å². The summed E-state index contributed by atoms with van der Waals surface area (Å²) in [7, 11) is 0. The van der Waals surface area contributed by atoms with Crippen LogP contribution in [0, 0.1) is 25.2 Å². The van der Waals surface area contributed by atoms with Crippen LogP contribution in [0.4, 0.5) is 11.4 Å². The summed E-state index contributed by atoms with van der Waals surface area (Å²) in [6.45, 7) is 8.19. The predicted molar refractivity (Wildman–Crippen MR) is 134 cm³/mol. The minimum Gasteiger partial charge on any atom is -0.325 e. The smallest absolute Gasteiger partial charge is 0.166 e. The highest BCUT2D eigenvalue weighted by atomic mass is 35.5. The highest BCUT2D eigenvalue weighted by Crippen LogP contribution is 2.41. The maximum absolute atomic E-state index is 9.82. The molecule has 0 saturated carbocycles. The van der Waals surface area contributed by atoms with Crippen molar-refractivity contribution in [2.45, 2.75) is 53.0 Å². The highest BCUT2D eigenvalue weighted by Gasteiger charge is 2.27. The molecule has 4 aromatic rings. The summed E-state index contributed by atoms with van der Waals surface area (Å²) in [5.74, 6) is 0.937. The minimum absolute atomic E-state index is 0.281. The lowest BCUT2D eigenvalue weighted by molar-refractivity contribution is 0.866. The number of pyridine rings is 1. The molecule has 2 aromatic heterocycles. The Bertz CT molecular complexity index is 1430. The van der Waals surface area contributed by atoms with Gasteiger partial charge in [0.05, 0.1) is 16.8 Å². The van der Waals surface area contributed by atoms with Crippen LogP contribution in [-0.2, 0) is 19.3 Å². The van der Waals surface area contributed by atoms with Crippen molar-refractivity contribution in [2.24, 2.45) is 0 Å². The second-order valence-electron chi connectivity index (χ2n) is 8.65. The Morgan fingerprint density at radius 2 is 1.82 bits per heavy atom. The van der Waals surface area contributed by atoms with E-state index in [-0.39, 0.29) is 6.04 Å². The molecule has 0 bridgehead atoms. The quantitative estimate of drug-likeness (QED) is 0.358. The first-order valence-electron chi connectivity index (χ1n) is 11.4. The van der Waals surface area contributed by atoms with Crippen LogP contribution in [0.5, 0.6) is 0 Å². The van der Waals surface area contributed by atoms with Crippen LogP contribution in [0.3, 0.4) is 0 Å². The third kappa shape index (κ3) is 3.37. The zero-order valence-electron chi connectivity index (χ0n) is 19.4. The summed E-state index contributed by atoms with van der Waals surface area (Å²) in [5, 5.41) is 10.4. The molecular weight excluding hydrogens is 430 g/mol. The van der Waals surface area contributed by atoms with E-state index in [9.17, 15) is 5.26 Å². The SMILES string of the molecule is CCc1nc2c(Cl)cc(C)nc2n1-c1ccc2c(c1C)CCc1ccccc1N2C(C)C#N. The lowest BCUT2D eigenvalue weighted by atomic mass is 9.98. The maximum atomic E-state index is 9.82. The summed E-state index contributed by atoms with van der Waals surface area (Å²) >= 11 is 6.54. The Morgan fingerprint density at radius 3 is 2.58 bits per heavy atom. The molecule has 5 nitrogen and oxygen atoms in total. The fourth-order valence-electron chi connectivity index (χ4n) is 5.00. The van der Waals surface area contributed by atoms with Gasteiger partial charge in [-0.15, -0.1) is 0 Å². The molecule has 166 valence electrons. The molecule has 33 heavy (non-hydrogen) atoms. The summed E-state index contributed by atoms with van der Waals surface area (Å²) in [6.07, 6.45) is 2.60. The molecule has 0 amide bonds. The average Bonchev–Trinajstić information content (AvgIpc) is 3.08. The molecule has 0 spiro atoms. The molecule has 0 radical (unpaired) electrons. The molecule has 0 aliphatic carbocycles. The first-order valence-corrected chi connectivity index (χ1v) is 11.8. The third-order valence-corrected chi connectivity index (χ3v) is 6.89. The van der Waals surface area contributed by atoms with Gasteiger partial charge in [-0.2, -0.15) is 5.26 Å². The largest absolute Gasteiger partial charge is 0.325 e. The van der Waals surface area contributed by atoms with E-state index in [1.807, 2.05) is 26.0 Å². The van der Waals surface area contributed by atoms with Gasteiger partial charge in [-0.05, 0) is 74.6 Å². The number of rotatable bonds is 3. The Balaban J connectivity index is 1.77. The van der Waals surface area contributed by atoms with Crippen LogP contribution >= 0.6 is 11.6 Å². The number of fused-ring (bicyclic) bond motifs is 3. The molecule has 5 rings (SSSR count). The van der Waals surface area contributed by atoms with E-state index in [4.69, 9.17) is 21.6 Å². The number of halogens is 1. The van der Waals surface area contributed by atoms with Gasteiger partial charge in [0.2, 0.25) is 0 Å². The summed E-state index contributed by atoms with van der Waals surface area (Å²) in [6, 6.07) is 16.7. The summed E-state index contributed by atoms with van der Waals surface area (Å²) in [5.41, 5.74) is 9.38. The van der Waals surface area contributed by atoms with Crippen LogP contribution < -0.4 is 4.90 Å². The van der Waals surface area contributed by atoms with E-state index in [1.54, 1.807) is 0 Å². The number of imidazole rings is 1. The predicted octanol–water partition coefficient (Wildman–Crippen LogP) is 6.40. The van der Waals surface area contributed by atoms with E-state index in [0.29, 0.717) is 5.02 Å². The second kappa shape index (κ2) is 8.20.